The zero-order valence-corrected chi connectivity index (χ0v) is 23.3. The van der Waals surface area contributed by atoms with Crippen molar-refractivity contribution in [2.24, 2.45) is 23.0 Å². The molecule has 0 saturated carbocycles. The lowest BCUT2D eigenvalue weighted by Crippen LogP contribution is -2.48. The molecule has 208 valence electrons. The van der Waals surface area contributed by atoms with Gasteiger partial charge in [0.25, 0.3) is 11.8 Å². The van der Waals surface area contributed by atoms with E-state index in [2.05, 4.69) is 5.32 Å². The Morgan fingerprint density at radius 3 is 2.33 bits per heavy atom. The number of nitrogens with zero attached hydrogens (tertiary/aromatic N) is 1. The van der Waals surface area contributed by atoms with E-state index in [0.717, 1.165) is 12.8 Å². The molecule has 1 aromatic carbocycles. The first kappa shape index (κ1) is 34.1. The number of hydrogen-bond acceptors (Lipinski definition) is 7. The predicted octanol–water partition coefficient (Wildman–Crippen LogP) is 3.26. The van der Waals surface area contributed by atoms with Gasteiger partial charge in [0.1, 0.15) is 5.75 Å². The Bertz CT molecular complexity index is 787. The molecule has 3 atom stereocenters. The number of aliphatic hydroxyl groups is 1. The minimum Gasteiger partial charge on any atom is -0.493 e. The number of ether oxygens (including phenoxy) is 2. The fourth-order valence-corrected chi connectivity index (χ4v) is 3.51. The van der Waals surface area contributed by atoms with Crippen LogP contribution in [0.5, 0.6) is 5.75 Å². The number of rotatable bonds is 15. The average molecular weight is 532 g/mol. The molecule has 0 fully saturated rings. The number of methoxy groups -OCH3 is 1. The molecule has 0 aliphatic heterocycles. The van der Waals surface area contributed by atoms with Crippen molar-refractivity contribution in [1.82, 2.24) is 10.4 Å². The summed E-state index contributed by atoms with van der Waals surface area (Å²) in [5.41, 5.74) is 5.89. The van der Waals surface area contributed by atoms with E-state index in [9.17, 15) is 19.9 Å². The Kier molecular flexibility index (Phi) is 15.9. The second-order valence-corrected chi connectivity index (χ2v) is 10.4. The van der Waals surface area contributed by atoms with E-state index in [0.29, 0.717) is 42.6 Å². The van der Waals surface area contributed by atoms with E-state index in [1.807, 2.05) is 19.9 Å². The zero-order valence-electron chi connectivity index (χ0n) is 22.5. The molecule has 9 nitrogen and oxygen atoms in total. The molecule has 0 bridgehead atoms. The number of amides is 2. The van der Waals surface area contributed by atoms with Crippen molar-refractivity contribution in [3.63, 3.8) is 0 Å². The number of carbonyl (C=O) groups is 2. The molecule has 1 aromatic rings. The van der Waals surface area contributed by atoms with Crippen LogP contribution in [0.25, 0.3) is 0 Å². The molecular formula is C26H46ClN3O6. The smallest absolute Gasteiger partial charge is 0.255 e. The highest BCUT2D eigenvalue weighted by Gasteiger charge is 2.30. The van der Waals surface area contributed by atoms with Gasteiger partial charge < -0.3 is 25.6 Å². The van der Waals surface area contributed by atoms with E-state index in [-0.39, 0.29) is 36.7 Å². The summed E-state index contributed by atoms with van der Waals surface area (Å²) >= 11 is 0. The van der Waals surface area contributed by atoms with Crippen LogP contribution in [0, 0.1) is 17.3 Å². The highest BCUT2D eigenvalue weighted by Crippen LogP contribution is 2.21. The van der Waals surface area contributed by atoms with Crippen molar-refractivity contribution in [2.45, 2.75) is 66.0 Å². The lowest BCUT2D eigenvalue weighted by atomic mass is 9.87. The highest BCUT2D eigenvalue weighted by molar-refractivity contribution is 5.96. The van der Waals surface area contributed by atoms with Crippen LogP contribution in [0.1, 0.15) is 64.2 Å². The Labute approximate surface area is 222 Å². The van der Waals surface area contributed by atoms with E-state index in [1.54, 1.807) is 46.1 Å². The van der Waals surface area contributed by atoms with E-state index >= 15 is 0 Å². The van der Waals surface area contributed by atoms with Crippen LogP contribution in [0.15, 0.2) is 24.3 Å². The van der Waals surface area contributed by atoms with Gasteiger partial charge in [-0.2, -0.15) is 0 Å². The Morgan fingerprint density at radius 1 is 1.14 bits per heavy atom. The van der Waals surface area contributed by atoms with Crippen LogP contribution in [0.3, 0.4) is 0 Å². The summed E-state index contributed by atoms with van der Waals surface area (Å²) in [5, 5.41) is 24.0. The quantitative estimate of drug-likeness (QED) is 0.155. The van der Waals surface area contributed by atoms with Crippen molar-refractivity contribution in [2.75, 3.05) is 33.4 Å². The third kappa shape index (κ3) is 11.9. The molecule has 0 aromatic heterocycles. The molecule has 36 heavy (non-hydrogen) atoms. The van der Waals surface area contributed by atoms with Gasteiger partial charge in [0.15, 0.2) is 0 Å². The highest BCUT2D eigenvalue weighted by atomic mass is 35.5. The zero-order chi connectivity index (χ0) is 26.6. The van der Waals surface area contributed by atoms with Crippen LogP contribution in [0.2, 0.25) is 0 Å². The molecule has 0 saturated heterocycles. The summed E-state index contributed by atoms with van der Waals surface area (Å²) in [5.74, 6) is -0.0359. The lowest BCUT2D eigenvalue weighted by molar-refractivity contribution is -0.180. The number of carbonyl (C=O) groups excluding carboxylic acids is 2. The fourth-order valence-electron chi connectivity index (χ4n) is 3.51. The summed E-state index contributed by atoms with van der Waals surface area (Å²) in [6.07, 6.45) is 1.02. The molecule has 3 unspecified atom stereocenters. The van der Waals surface area contributed by atoms with Gasteiger partial charge in [-0.15, -0.1) is 12.4 Å². The first-order valence-corrected chi connectivity index (χ1v) is 12.3. The number of nitrogens with one attached hydrogen (secondary N) is 1. The van der Waals surface area contributed by atoms with Gasteiger partial charge in [0, 0.05) is 31.7 Å². The van der Waals surface area contributed by atoms with Gasteiger partial charge in [-0.05, 0) is 43.2 Å². The molecular weight excluding hydrogens is 486 g/mol. The maximum absolute atomic E-state index is 12.9. The lowest BCUT2D eigenvalue weighted by Gasteiger charge is -2.30. The number of hydrogen-bond donors (Lipinski definition) is 4. The summed E-state index contributed by atoms with van der Waals surface area (Å²) in [4.78, 5) is 25.1. The summed E-state index contributed by atoms with van der Waals surface area (Å²) < 4.78 is 10.9. The molecule has 0 spiro atoms. The van der Waals surface area contributed by atoms with Crippen LogP contribution < -0.4 is 15.8 Å². The van der Waals surface area contributed by atoms with Crippen molar-refractivity contribution < 1.29 is 29.4 Å². The Balaban J connectivity index is 0.0000122. The summed E-state index contributed by atoms with van der Waals surface area (Å²) in [6, 6.07) is 6.44. The van der Waals surface area contributed by atoms with Crippen molar-refractivity contribution in [1.29, 1.82) is 0 Å². The number of halogens is 1. The summed E-state index contributed by atoms with van der Waals surface area (Å²) in [7, 11) is 1.66. The van der Waals surface area contributed by atoms with Gasteiger partial charge >= 0.3 is 0 Å². The molecule has 0 aliphatic rings. The first-order chi connectivity index (χ1) is 16.4. The first-order valence-electron chi connectivity index (χ1n) is 12.3. The van der Waals surface area contributed by atoms with Crippen molar-refractivity contribution >= 4 is 24.2 Å². The van der Waals surface area contributed by atoms with Crippen LogP contribution >= 0.6 is 12.4 Å². The van der Waals surface area contributed by atoms with E-state index in [1.165, 1.54) is 0 Å². The number of benzene rings is 1. The third-order valence-electron chi connectivity index (χ3n) is 5.90. The fraction of sp³-hybridized carbons (Fsp3) is 0.692. The van der Waals surface area contributed by atoms with Gasteiger partial charge in [-0.1, -0.05) is 46.8 Å². The van der Waals surface area contributed by atoms with Crippen LogP contribution in [-0.2, 0) is 9.53 Å². The van der Waals surface area contributed by atoms with Gasteiger partial charge in [0.2, 0.25) is 0 Å². The van der Waals surface area contributed by atoms with E-state index in [4.69, 9.17) is 15.2 Å². The second-order valence-electron chi connectivity index (χ2n) is 10.4. The summed E-state index contributed by atoms with van der Waals surface area (Å²) in [6.45, 7) is 10.4. The van der Waals surface area contributed by atoms with Crippen LogP contribution in [0.4, 0.5) is 0 Å². The minimum atomic E-state index is -1.10. The molecule has 10 heteroatoms. The number of unbranched alkanes of at least 4 members (excludes halogenated alkanes) is 1. The SMILES string of the molecule is COCCCCOc1ccccc1C(=O)NCC(CC(N)C(O)CN(O)C(=O)C(C)(C)C)C(C)C.Cl. The molecule has 0 aliphatic carbocycles. The normalized spacial score (nSPS) is 13.9. The molecule has 2 amide bonds. The Morgan fingerprint density at radius 2 is 1.75 bits per heavy atom. The number of hydroxylamine groups is 2. The maximum atomic E-state index is 12.9. The maximum Gasteiger partial charge on any atom is 0.255 e. The molecule has 0 radical (unpaired) electrons. The Hall–Kier alpha value is -1.91. The topological polar surface area (TPSA) is 134 Å². The monoisotopic (exact) mass is 531 g/mol. The predicted molar refractivity (Wildman–Crippen MR) is 143 cm³/mol. The van der Waals surface area contributed by atoms with Crippen molar-refractivity contribution in [3.05, 3.63) is 29.8 Å². The number of aliphatic hydroxyl groups excluding tert-OH is 1. The van der Waals surface area contributed by atoms with E-state index < -0.39 is 23.5 Å². The average Bonchev–Trinajstić information content (AvgIpc) is 2.80. The number of nitrogens with two attached hydrogens (primary N) is 1. The molecule has 0 heterocycles. The van der Waals surface area contributed by atoms with Crippen LogP contribution in [-0.4, -0.2) is 72.8 Å². The second kappa shape index (κ2) is 16.8. The number of para-hydroxylation sites is 1. The van der Waals surface area contributed by atoms with Crippen molar-refractivity contribution in [3.8, 4) is 5.75 Å². The largest absolute Gasteiger partial charge is 0.493 e. The molecule has 1 rings (SSSR count). The van der Waals surface area contributed by atoms with Gasteiger partial charge in [-0.3, -0.25) is 14.8 Å². The van der Waals surface area contributed by atoms with Gasteiger partial charge in [-0.25, -0.2) is 5.06 Å². The minimum absolute atomic E-state index is 0. The third-order valence-corrected chi connectivity index (χ3v) is 5.90. The molecule has 5 N–H and O–H groups in total. The van der Waals surface area contributed by atoms with Gasteiger partial charge in [0.05, 0.1) is 24.8 Å². The standard InChI is InChI=1S/C26H45N3O6.ClH/c1-18(2)19(15-21(27)22(30)17-29(33)25(32)26(3,4)5)16-28-24(31)20-11-7-8-12-23(20)35-14-10-9-13-34-6;/h7-8,11-12,18-19,21-22,30,33H,9-10,13-17,27H2,1-6H3,(H,28,31);1H.